The molecule has 2 aliphatic heterocycles. The van der Waals surface area contributed by atoms with Crippen LogP contribution in [0.2, 0.25) is 0 Å². The number of nitrogens with zero attached hydrogens (tertiary/aromatic N) is 6. The predicted molar refractivity (Wildman–Crippen MR) is 106 cm³/mol. The summed E-state index contributed by atoms with van der Waals surface area (Å²) < 4.78 is 5.89. The van der Waals surface area contributed by atoms with Crippen LogP contribution in [0.5, 0.6) is 0 Å². The number of pyridine rings is 1. The molecule has 0 N–H and O–H groups in total. The minimum Gasteiger partial charge on any atom is -0.402 e. The number of piperazine rings is 1. The van der Waals surface area contributed by atoms with E-state index in [0.29, 0.717) is 24.0 Å². The first-order chi connectivity index (χ1) is 13.1. The molecule has 4 rings (SSSR count). The molecule has 4 heterocycles. The Morgan fingerprint density at radius 2 is 1.74 bits per heavy atom. The molecular weight excluding hydrogens is 340 g/mol. The van der Waals surface area contributed by atoms with E-state index in [0.717, 1.165) is 37.2 Å². The van der Waals surface area contributed by atoms with Crippen molar-refractivity contribution < 1.29 is 4.42 Å². The van der Waals surface area contributed by atoms with E-state index in [-0.39, 0.29) is 0 Å². The molecule has 0 bridgehead atoms. The summed E-state index contributed by atoms with van der Waals surface area (Å²) in [5, 5.41) is 8.44. The SMILES string of the molecule is Cc1ccc(-c2nnc(N3CCC(N4CCN(C(C)C)CC4)CC3)o2)nc1. The van der Waals surface area contributed by atoms with Gasteiger partial charge in [-0.15, -0.1) is 5.10 Å². The van der Waals surface area contributed by atoms with Gasteiger partial charge in [0.05, 0.1) is 0 Å². The fourth-order valence-corrected chi connectivity index (χ4v) is 4.08. The molecular formula is C20H30N6O. The van der Waals surface area contributed by atoms with Gasteiger partial charge in [0.2, 0.25) is 0 Å². The van der Waals surface area contributed by atoms with Gasteiger partial charge in [-0.2, -0.15) is 0 Å². The third-order valence-corrected chi connectivity index (χ3v) is 5.88. The van der Waals surface area contributed by atoms with Crippen LogP contribution in [0.4, 0.5) is 6.01 Å². The zero-order chi connectivity index (χ0) is 18.8. The van der Waals surface area contributed by atoms with Crippen LogP contribution >= 0.6 is 0 Å². The Morgan fingerprint density at radius 1 is 1.00 bits per heavy atom. The van der Waals surface area contributed by atoms with Crippen molar-refractivity contribution in [3.05, 3.63) is 23.9 Å². The van der Waals surface area contributed by atoms with Crippen LogP contribution in [0.25, 0.3) is 11.6 Å². The van der Waals surface area contributed by atoms with E-state index in [1.165, 1.54) is 26.2 Å². The Hall–Kier alpha value is -1.99. The average Bonchev–Trinajstić information content (AvgIpc) is 3.19. The summed E-state index contributed by atoms with van der Waals surface area (Å²) in [6.07, 6.45) is 4.13. The molecule has 2 aromatic rings. The van der Waals surface area contributed by atoms with E-state index in [1.54, 1.807) is 0 Å². The van der Waals surface area contributed by atoms with E-state index < -0.39 is 0 Å². The van der Waals surface area contributed by atoms with Crippen LogP contribution in [0.15, 0.2) is 22.7 Å². The van der Waals surface area contributed by atoms with Crippen LogP contribution in [0, 0.1) is 6.92 Å². The minimum atomic E-state index is 0.497. The molecule has 0 amide bonds. The quantitative estimate of drug-likeness (QED) is 0.819. The van der Waals surface area contributed by atoms with Crippen molar-refractivity contribution in [2.75, 3.05) is 44.2 Å². The zero-order valence-electron chi connectivity index (χ0n) is 16.6. The molecule has 0 spiro atoms. The molecule has 2 saturated heterocycles. The van der Waals surface area contributed by atoms with Crippen molar-refractivity contribution in [3.63, 3.8) is 0 Å². The minimum absolute atomic E-state index is 0.497. The number of aromatic nitrogens is 3. The maximum absolute atomic E-state index is 5.89. The summed E-state index contributed by atoms with van der Waals surface area (Å²) in [5.74, 6) is 0.497. The average molecular weight is 371 g/mol. The predicted octanol–water partition coefficient (Wildman–Crippen LogP) is 2.43. The third kappa shape index (κ3) is 4.14. The first-order valence-electron chi connectivity index (χ1n) is 10.1. The van der Waals surface area contributed by atoms with Gasteiger partial charge >= 0.3 is 6.01 Å². The molecule has 0 aromatic carbocycles. The number of hydrogen-bond acceptors (Lipinski definition) is 7. The lowest BCUT2D eigenvalue weighted by Gasteiger charge is -2.43. The van der Waals surface area contributed by atoms with E-state index in [4.69, 9.17) is 4.42 Å². The van der Waals surface area contributed by atoms with Gasteiger partial charge in [0.25, 0.3) is 5.89 Å². The highest BCUT2D eigenvalue weighted by atomic mass is 16.4. The molecule has 0 unspecified atom stereocenters. The molecule has 7 nitrogen and oxygen atoms in total. The van der Waals surface area contributed by atoms with Gasteiger partial charge in [0.15, 0.2) is 0 Å². The summed E-state index contributed by atoms with van der Waals surface area (Å²) >= 11 is 0. The molecule has 2 aliphatic rings. The largest absolute Gasteiger partial charge is 0.402 e. The normalized spacial score (nSPS) is 20.5. The maximum Gasteiger partial charge on any atom is 0.318 e. The maximum atomic E-state index is 5.89. The lowest BCUT2D eigenvalue weighted by molar-refractivity contribution is 0.0689. The number of anilines is 1. The van der Waals surface area contributed by atoms with E-state index in [2.05, 4.69) is 43.7 Å². The van der Waals surface area contributed by atoms with Gasteiger partial charge in [0, 0.05) is 57.5 Å². The van der Waals surface area contributed by atoms with Crippen molar-refractivity contribution in [2.24, 2.45) is 0 Å². The Bertz CT molecular complexity index is 727. The second kappa shape index (κ2) is 7.94. The van der Waals surface area contributed by atoms with Crippen LogP contribution < -0.4 is 4.90 Å². The van der Waals surface area contributed by atoms with Gasteiger partial charge in [0.1, 0.15) is 5.69 Å². The van der Waals surface area contributed by atoms with Crippen molar-refractivity contribution in [1.82, 2.24) is 25.0 Å². The smallest absolute Gasteiger partial charge is 0.318 e. The molecule has 146 valence electrons. The van der Waals surface area contributed by atoms with E-state index >= 15 is 0 Å². The second-order valence-corrected chi connectivity index (χ2v) is 7.99. The number of aryl methyl sites for hydroxylation is 1. The second-order valence-electron chi connectivity index (χ2n) is 7.99. The van der Waals surface area contributed by atoms with Crippen molar-refractivity contribution in [1.29, 1.82) is 0 Å². The highest BCUT2D eigenvalue weighted by Crippen LogP contribution is 2.25. The molecule has 27 heavy (non-hydrogen) atoms. The fourth-order valence-electron chi connectivity index (χ4n) is 4.08. The first-order valence-corrected chi connectivity index (χ1v) is 10.1. The monoisotopic (exact) mass is 370 g/mol. The summed E-state index contributed by atoms with van der Waals surface area (Å²) in [7, 11) is 0. The lowest BCUT2D eigenvalue weighted by atomic mass is 10.0. The van der Waals surface area contributed by atoms with E-state index in [1.807, 2.05) is 25.3 Å². The summed E-state index contributed by atoms with van der Waals surface area (Å²) in [4.78, 5) is 11.8. The zero-order valence-corrected chi connectivity index (χ0v) is 16.6. The first kappa shape index (κ1) is 18.4. The van der Waals surface area contributed by atoms with Crippen LogP contribution in [0.1, 0.15) is 32.3 Å². The van der Waals surface area contributed by atoms with Gasteiger partial charge in [-0.3, -0.25) is 14.8 Å². The Balaban J connectivity index is 1.31. The topological polar surface area (TPSA) is 61.5 Å². The Kier molecular flexibility index (Phi) is 5.41. The Morgan fingerprint density at radius 3 is 2.37 bits per heavy atom. The highest BCUT2D eigenvalue weighted by molar-refractivity contribution is 5.47. The lowest BCUT2D eigenvalue weighted by Crippen LogP contribution is -2.54. The van der Waals surface area contributed by atoms with Crippen LogP contribution in [0.3, 0.4) is 0 Å². The number of piperidine rings is 1. The van der Waals surface area contributed by atoms with Crippen LogP contribution in [-0.4, -0.2) is 76.3 Å². The summed E-state index contributed by atoms with van der Waals surface area (Å²) in [5.41, 5.74) is 1.85. The third-order valence-electron chi connectivity index (χ3n) is 5.88. The van der Waals surface area contributed by atoms with Gasteiger partial charge in [-0.1, -0.05) is 11.2 Å². The molecule has 2 fully saturated rings. The van der Waals surface area contributed by atoms with Gasteiger partial charge in [-0.05, 0) is 45.2 Å². The number of rotatable bonds is 4. The standard InChI is InChI=1S/C20H30N6O/c1-15(2)24-10-12-25(13-11-24)17-6-8-26(9-7-17)20-23-22-19(27-20)18-5-4-16(3)14-21-18/h4-5,14-15,17H,6-13H2,1-3H3. The van der Waals surface area contributed by atoms with E-state index in [9.17, 15) is 0 Å². The number of hydrogen-bond donors (Lipinski definition) is 0. The fraction of sp³-hybridized carbons (Fsp3) is 0.650. The van der Waals surface area contributed by atoms with Crippen molar-refractivity contribution in [3.8, 4) is 11.6 Å². The molecule has 0 aliphatic carbocycles. The molecule has 2 aromatic heterocycles. The highest BCUT2D eigenvalue weighted by Gasteiger charge is 2.29. The summed E-state index contributed by atoms with van der Waals surface area (Å²) in [6, 6.07) is 5.89. The van der Waals surface area contributed by atoms with Gasteiger partial charge in [-0.25, -0.2) is 0 Å². The van der Waals surface area contributed by atoms with Gasteiger partial charge < -0.3 is 9.32 Å². The van der Waals surface area contributed by atoms with Crippen molar-refractivity contribution >= 4 is 6.01 Å². The molecule has 0 atom stereocenters. The molecule has 0 saturated carbocycles. The van der Waals surface area contributed by atoms with Crippen LogP contribution in [-0.2, 0) is 0 Å². The van der Waals surface area contributed by atoms with Crippen molar-refractivity contribution in [2.45, 2.75) is 45.7 Å². The summed E-state index contributed by atoms with van der Waals surface area (Å²) in [6.45, 7) is 13.3. The molecule has 7 heteroatoms. The molecule has 0 radical (unpaired) electrons. The Labute approximate surface area is 161 Å².